The van der Waals surface area contributed by atoms with Gasteiger partial charge in [0.25, 0.3) is 20.0 Å². The molecule has 0 radical (unpaired) electrons. The molecule has 0 aliphatic rings. The molecule has 0 unspecified atom stereocenters. The van der Waals surface area contributed by atoms with Crippen molar-refractivity contribution in [2.24, 2.45) is 0 Å². The monoisotopic (exact) mass is 467 g/mol. The van der Waals surface area contributed by atoms with E-state index >= 15 is 0 Å². The van der Waals surface area contributed by atoms with Gasteiger partial charge in [-0.15, -0.1) is 0 Å². The zero-order chi connectivity index (χ0) is 22.7. The summed E-state index contributed by atoms with van der Waals surface area (Å²) in [6.45, 7) is 0. The van der Waals surface area contributed by atoms with E-state index in [1.54, 1.807) is 12.1 Å². The Morgan fingerprint density at radius 2 is 1.16 bits per heavy atom. The van der Waals surface area contributed by atoms with Crippen molar-refractivity contribution < 1.29 is 30.0 Å². The molecule has 3 aromatic carbocycles. The van der Waals surface area contributed by atoms with Gasteiger partial charge in [0.05, 0.1) is 15.4 Å². The number of hydrogen-bond donors (Lipinski definition) is 0. The number of benzene rings is 3. The molecule has 5 nitrogen and oxygen atoms in total. The summed E-state index contributed by atoms with van der Waals surface area (Å²) in [5.74, 6) is 0. The minimum Gasteiger partial charge on any atom is -0.200 e. The maximum absolute atomic E-state index is 13.1. The van der Waals surface area contributed by atoms with E-state index in [0.29, 0.717) is 0 Å². The van der Waals surface area contributed by atoms with Gasteiger partial charge >= 0.3 is 6.18 Å². The largest absolute Gasteiger partial charge is 0.416 e. The number of sulfonamides is 2. The van der Waals surface area contributed by atoms with Gasteiger partial charge in [-0.1, -0.05) is 48.5 Å². The van der Waals surface area contributed by atoms with E-state index in [4.69, 9.17) is 0 Å². The maximum atomic E-state index is 13.1. The van der Waals surface area contributed by atoms with Crippen LogP contribution in [0.15, 0.2) is 101 Å². The standard InChI is InChI=1S/C21H16F3NO4S2/c22-21(23,24)18-9-7-8-17(16-18)14-15-25(30(26,27)19-10-3-1-4-11-19)31(28,29)20-12-5-2-6-13-20/h1-16H/b15-14+. The molecule has 0 fully saturated rings. The lowest BCUT2D eigenvalue weighted by molar-refractivity contribution is -0.137. The van der Waals surface area contributed by atoms with E-state index < -0.39 is 31.8 Å². The average Bonchev–Trinajstić information content (AvgIpc) is 2.74. The van der Waals surface area contributed by atoms with E-state index in [0.717, 1.165) is 30.5 Å². The molecule has 0 bridgehead atoms. The first-order valence-corrected chi connectivity index (χ1v) is 11.7. The zero-order valence-electron chi connectivity index (χ0n) is 15.8. The van der Waals surface area contributed by atoms with Crippen LogP contribution in [0.5, 0.6) is 0 Å². The van der Waals surface area contributed by atoms with Crippen molar-refractivity contribution >= 4 is 26.1 Å². The highest BCUT2D eigenvalue weighted by molar-refractivity contribution is 8.04. The average molecular weight is 467 g/mol. The summed E-state index contributed by atoms with van der Waals surface area (Å²) in [7, 11) is -9.16. The van der Waals surface area contributed by atoms with Crippen LogP contribution in [0.4, 0.5) is 13.2 Å². The topological polar surface area (TPSA) is 71.5 Å². The second kappa shape index (κ2) is 8.56. The molecular formula is C21H16F3NO4S2. The van der Waals surface area contributed by atoms with Gasteiger partial charge in [0.2, 0.25) is 0 Å². The second-order valence-electron chi connectivity index (χ2n) is 6.30. The van der Waals surface area contributed by atoms with Gasteiger partial charge in [0.15, 0.2) is 0 Å². The van der Waals surface area contributed by atoms with Gasteiger partial charge in [0.1, 0.15) is 0 Å². The highest BCUT2D eigenvalue weighted by Crippen LogP contribution is 2.30. The lowest BCUT2D eigenvalue weighted by Crippen LogP contribution is -2.32. The molecule has 0 aliphatic carbocycles. The first-order chi connectivity index (χ1) is 14.5. The molecule has 10 heteroatoms. The lowest BCUT2D eigenvalue weighted by atomic mass is 10.1. The van der Waals surface area contributed by atoms with Gasteiger partial charge in [-0.2, -0.15) is 16.9 Å². The van der Waals surface area contributed by atoms with Gasteiger partial charge in [0, 0.05) is 6.20 Å². The van der Waals surface area contributed by atoms with Crippen LogP contribution in [0.25, 0.3) is 6.08 Å². The molecule has 0 aliphatic heterocycles. The summed E-state index contributed by atoms with van der Waals surface area (Å²) in [6, 6.07) is 17.8. The molecule has 0 N–H and O–H groups in total. The smallest absolute Gasteiger partial charge is 0.200 e. The van der Waals surface area contributed by atoms with Crippen LogP contribution < -0.4 is 0 Å². The van der Waals surface area contributed by atoms with Crippen LogP contribution in [0.3, 0.4) is 0 Å². The summed E-state index contributed by atoms with van der Waals surface area (Å²) in [5, 5.41) is 0. The third-order valence-corrected chi connectivity index (χ3v) is 8.26. The molecule has 0 spiro atoms. The Morgan fingerprint density at radius 3 is 1.61 bits per heavy atom. The van der Waals surface area contributed by atoms with E-state index in [-0.39, 0.29) is 19.1 Å². The van der Waals surface area contributed by atoms with Crippen molar-refractivity contribution in [1.82, 2.24) is 3.71 Å². The Morgan fingerprint density at radius 1 is 0.677 bits per heavy atom. The predicted octanol–water partition coefficient (Wildman–Crippen LogP) is 4.76. The quantitative estimate of drug-likeness (QED) is 0.524. The molecule has 0 amide bonds. The van der Waals surface area contributed by atoms with Crippen LogP contribution in [-0.4, -0.2) is 20.5 Å². The molecular weight excluding hydrogens is 451 g/mol. The zero-order valence-corrected chi connectivity index (χ0v) is 17.4. The van der Waals surface area contributed by atoms with Crippen molar-refractivity contribution in [3.8, 4) is 0 Å². The third kappa shape index (κ3) is 4.97. The van der Waals surface area contributed by atoms with Crippen LogP contribution in [0.2, 0.25) is 0 Å². The first-order valence-electron chi connectivity index (χ1n) is 8.78. The highest BCUT2D eigenvalue weighted by Gasteiger charge is 2.34. The van der Waals surface area contributed by atoms with Gasteiger partial charge in [-0.05, 0) is 48.0 Å². The summed E-state index contributed by atoms with van der Waals surface area (Å²) in [5.41, 5.74) is -0.968. The van der Waals surface area contributed by atoms with Crippen LogP contribution in [0, 0.1) is 0 Å². The minimum atomic E-state index is -4.60. The highest BCUT2D eigenvalue weighted by atomic mass is 32.3. The SMILES string of the molecule is O=S(=O)(c1ccccc1)N(/C=C/c1cccc(C(F)(F)F)c1)S(=O)(=O)c1ccccc1. The summed E-state index contributed by atoms with van der Waals surface area (Å²) < 4.78 is 91.5. The fourth-order valence-electron chi connectivity index (χ4n) is 2.65. The number of alkyl halides is 3. The molecule has 3 aromatic rings. The van der Waals surface area contributed by atoms with Crippen molar-refractivity contribution in [2.75, 3.05) is 0 Å². The molecule has 0 aromatic heterocycles. The van der Waals surface area contributed by atoms with Crippen molar-refractivity contribution in [3.05, 3.63) is 102 Å². The number of nitrogens with zero attached hydrogens (tertiary/aromatic N) is 1. The van der Waals surface area contributed by atoms with E-state index in [1.165, 1.54) is 54.6 Å². The van der Waals surface area contributed by atoms with E-state index in [2.05, 4.69) is 0 Å². The van der Waals surface area contributed by atoms with Gasteiger partial charge < -0.3 is 0 Å². The van der Waals surface area contributed by atoms with Crippen molar-refractivity contribution in [2.45, 2.75) is 16.0 Å². The fraction of sp³-hybridized carbons (Fsp3) is 0.0476. The normalized spacial score (nSPS) is 12.7. The summed E-state index contributed by atoms with van der Waals surface area (Å²) in [6.07, 6.45) is -2.87. The third-order valence-electron chi connectivity index (χ3n) is 4.16. The second-order valence-corrected chi connectivity index (χ2v) is 10.2. The Labute approximate surface area is 178 Å². The lowest BCUT2D eigenvalue weighted by Gasteiger charge is -2.20. The maximum Gasteiger partial charge on any atom is 0.416 e. The summed E-state index contributed by atoms with van der Waals surface area (Å²) in [4.78, 5) is -0.577. The fourth-order valence-corrected chi connectivity index (χ4v) is 6.06. The number of rotatable bonds is 6. The molecule has 3 rings (SSSR count). The molecule has 0 saturated carbocycles. The Balaban J connectivity index is 2.13. The van der Waals surface area contributed by atoms with Gasteiger partial charge in [-0.3, -0.25) is 0 Å². The molecule has 0 atom stereocenters. The van der Waals surface area contributed by atoms with Gasteiger partial charge in [-0.25, -0.2) is 16.8 Å². The minimum absolute atomic E-state index is 0.0219. The Bertz CT molecular complexity index is 1220. The Kier molecular flexibility index (Phi) is 6.23. The molecule has 31 heavy (non-hydrogen) atoms. The van der Waals surface area contributed by atoms with Crippen LogP contribution >= 0.6 is 0 Å². The van der Waals surface area contributed by atoms with Crippen LogP contribution in [0.1, 0.15) is 11.1 Å². The van der Waals surface area contributed by atoms with E-state index in [9.17, 15) is 30.0 Å². The Hall–Kier alpha value is -3.11. The molecule has 0 saturated heterocycles. The van der Waals surface area contributed by atoms with Crippen LogP contribution in [-0.2, 0) is 26.2 Å². The number of halogens is 3. The summed E-state index contributed by atoms with van der Waals surface area (Å²) >= 11 is 0. The molecule has 162 valence electrons. The van der Waals surface area contributed by atoms with E-state index in [1.807, 2.05) is 0 Å². The first kappa shape index (κ1) is 22.6. The predicted molar refractivity (Wildman–Crippen MR) is 110 cm³/mol. The van der Waals surface area contributed by atoms with Crippen molar-refractivity contribution in [1.29, 1.82) is 0 Å². The number of hydrogen-bond acceptors (Lipinski definition) is 4. The van der Waals surface area contributed by atoms with Crippen molar-refractivity contribution in [3.63, 3.8) is 0 Å². The molecule has 0 heterocycles.